The van der Waals surface area contributed by atoms with Gasteiger partial charge in [-0.25, -0.2) is 0 Å². The summed E-state index contributed by atoms with van der Waals surface area (Å²) in [5.74, 6) is -0.384. The average molecular weight is 1130 g/mol. The van der Waals surface area contributed by atoms with Crippen LogP contribution in [-0.2, 0) is 33.2 Å². The first-order valence-corrected chi connectivity index (χ1v) is 31.7. The summed E-state index contributed by atoms with van der Waals surface area (Å²) in [6.45, 7) is 3.53. The summed E-state index contributed by atoms with van der Waals surface area (Å²) in [5.41, 5.74) is 0. The van der Waals surface area contributed by atoms with Crippen LogP contribution in [0.4, 0.5) is 0 Å². The second-order valence-corrected chi connectivity index (χ2v) is 21.9. The molecule has 11 atom stereocenters. The van der Waals surface area contributed by atoms with Crippen molar-refractivity contribution in [1.82, 2.24) is 0 Å². The quantitative estimate of drug-likeness (QED) is 0.0172. The number of ether oxygens (including phenoxy) is 6. The van der Waals surface area contributed by atoms with Crippen LogP contribution in [0.1, 0.15) is 226 Å². The number of unbranched alkanes of at least 4 members (excludes halogenated alkanes) is 23. The van der Waals surface area contributed by atoms with Crippen LogP contribution >= 0.6 is 0 Å². The zero-order chi connectivity index (χ0) is 57.9. The van der Waals surface area contributed by atoms with Crippen LogP contribution in [0.3, 0.4) is 0 Å². The lowest BCUT2D eigenvalue weighted by molar-refractivity contribution is -0.332. The Balaban J connectivity index is 1.70. The number of hydrogen-bond donors (Lipinski definition) is 7. The standard InChI is InChI=1S/C66H114O14/c1-3-5-7-9-11-13-15-17-19-21-23-25-26-27-28-29-30-32-34-36-38-40-42-44-46-48-50-75-52-55(78-58(68)49-47-45-43-41-39-37-35-33-31-24-22-20-18-16-14-12-10-8-6-4-2)53-76-65-64(74)62(72)60(70)57(80-65)54-77-66-63(73)61(71)59(69)56(51-67)79-66/h5,7,11,13,17,19,23,25,27-28,30,32,36,38,55-57,59-67,69-74H,3-4,6,8-10,12,14-16,18,20-22,24,26,29,31,33-35,37,39-54H2,1-2H3/b7-5-,13-11-,19-17-,25-23-,28-27-,32-30-,38-36-. The molecule has 0 aromatic carbocycles. The van der Waals surface area contributed by atoms with Gasteiger partial charge in [0.05, 0.1) is 26.4 Å². The lowest BCUT2D eigenvalue weighted by Crippen LogP contribution is -2.61. The molecule has 0 saturated carbocycles. The molecule has 11 unspecified atom stereocenters. The van der Waals surface area contributed by atoms with Gasteiger partial charge < -0.3 is 64.2 Å². The number of carbonyl (C=O) groups excluding carboxylic acids is 1. The molecule has 2 saturated heterocycles. The van der Waals surface area contributed by atoms with Crippen LogP contribution in [0.2, 0.25) is 0 Å². The molecule has 14 heteroatoms. The van der Waals surface area contributed by atoms with E-state index in [9.17, 15) is 40.5 Å². The van der Waals surface area contributed by atoms with Crippen LogP contribution in [0.5, 0.6) is 0 Å². The SMILES string of the molecule is CC/C=C\C/C=C\C/C=C\C/C=C\C/C=C\C/C=C\C/C=C\CCCCCCOCC(COC1OC(COC2OC(CO)C(O)C(O)C2O)C(O)C(O)C1O)OC(=O)CCCCCCCCCCCCCCCCCCCCCC. The molecule has 7 N–H and O–H groups in total. The van der Waals surface area contributed by atoms with Gasteiger partial charge in [0.2, 0.25) is 0 Å². The van der Waals surface area contributed by atoms with Gasteiger partial charge in [-0.1, -0.05) is 234 Å². The number of rotatable bonds is 51. The van der Waals surface area contributed by atoms with Crippen molar-refractivity contribution in [1.29, 1.82) is 0 Å². The van der Waals surface area contributed by atoms with Gasteiger partial charge in [-0.15, -0.1) is 0 Å². The molecule has 0 aromatic rings. The van der Waals surface area contributed by atoms with Gasteiger partial charge >= 0.3 is 5.97 Å². The van der Waals surface area contributed by atoms with Crippen molar-refractivity contribution >= 4 is 5.97 Å². The van der Waals surface area contributed by atoms with Gasteiger partial charge in [-0.05, 0) is 70.6 Å². The Hall–Kier alpha value is -2.83. The number of hydrogen-bond acceptors (Lipinski definition) is 14. The Kier molecular flexibility index (Phi) is 47.4. The fourth-order valence-corrected chi connectivity index (χ4v) is 9.62. The average Bonchev–Trinajstić information content (AvgIpc) is 3.52. The number of esters is 1. The van der Waals surface area contributed by atoms with E-state index in [0.29, 0.717) is 13.0 Å². The van der Waals surface area contributed by atoms with Gasteiger partial charge in [0, 0.05) is 13.0 Å². The third-order valence-corrected chi connectivity index (χ3v) is 14.7. The zero-order valence-corrected chi connectivity index (χ0v) is 49.8. The Morgan fingerprint density at radius 1 is 0.425 bits per heavy atom. The minimum absolute atomic E-state index is 0.0416. The first-order valence-electron chi connectivity index (χ1n) is 31.7. The summed E-state index contributed by atoms with van der Waals surface area (Å²) in [5, 5.41) is 72.5. The van der Waals surface area contributed by atoms with Gasteiger partial charge in [0.1, 0.15) is 54.9 Å². The molecule has 2 aliphatic rings. The van der Waals surface area contributed by atoms with Gasteiger partial charge in [-0.2, -0.15) is 0 Å². The summed E-state index contributed by atoms with van der Waals surface area (Å²) in [4.78, 5) is 13.1. The number of aliphatic hydroxyl groups excluding tert-OH is 7. The van der Waals surface area contributed by atoms with Crippen molar-refractivity contribution in [2.24, 2.45) is 0 Å². The highest BCUT2D eigenvalue weighted by molar-refractivity contribution is 5.69. The Labute approximate surface area is 484 Å². The summed E-state index contributed by atoms with van der Waals surface area (Å²) in [7, 11) is 0. The molecule has 2 heterocycles. The van der Waals surface area contributed by atoms with E-state index >= 15 is 0 Å². The smallest absolute Gasteiger partial charge is 0.306 e. The van der Waals surface area contributed by atoms with Gasteiger partial charge in [0.15, 0.2) is 12.6 Å². The Morgan fingerprint density at radius 2 is 0.812 bits per heavy atom. The van der Waals surface area contributed by atoms with Crippen molar-refractivity contribution < 1.29 is 69.0 Å². The summed E-state index contributed by atoms with van der Waals surface area (Å²) >= 11 is 0. The third kappa shape index (κ3) is 37.4. The van der Waals surface area contributed by atoms with E-state index in [1.165, 1.54) is 103 Å². The predicted molar refractivity (Wildman–Crippen MR) is 321 cm³/mol. The largest absolute Gasteiger partial charge is 0.457 e. The molecular weight excluding hydrogens is 1020 g/mol. The van der Waals surface area contributed by atoms with Crippen LogP contribution in [0.15, 0.2) is 85.1 Å². The third-order valence-electron chi connectivity index (χ3n) is 14.7. The molecule has 0 spiro atoms. The van der Waals surface area contributed by atoms with Crippen molar-refractivity contribution in [3.05, 3.63) is 85.1 Å². The molecule has 0 amide bonds. The van der Waals surface area contributed by atoms with Gasteiger partial charge in [-0.3, -0.25) is 4.79 Å². The lowest BCUT2D eigenvalue weighted by Gasteiger charge is -2.42. The second kappa shape index (κ2) is 51.8. The molecule has 0 radical (unpaired) electrons. The molecule has 14 nitrogen and oxygen atoms in total. The van der Waals surface area contributed by atoms with Crippen molar-refractivity contribution in [2.75, 3.05) is 33.0 Å². The van der Waals surface area contributed by atoms with Crippen molar-refractivity contribution in [3.63, 3.8) is 0 Å². The monoisotopic (exact) mass is 1130 g/mol. The maximum Gasteiger partial charge on any atom is 0.306 e. The van der Waals surface area contributed by atoms with Gasteiger partial charge in [0.25, 0.3) is 0 Å². The van der Waals surface area contributed by atoms with E-state index in [0.717, 1.165) is 96.3 Å². The zero-order valence-electron chi connectivity index (χ0n) is 49.8. The first kappa shape index (κ1) is 73.3. The molecule has 80 heavy (non-hydrogen) atoms. The molecule has 462 valence electrons. The van der Waals surface area contributed by atoms with E-state index in [2.05, 4.69) is 98.9 Å². The fraction of sp³-hybridized carbons (Fsp3) is 0.773. The van der Waals surface area contributed by atoms with Crippen LogP contribution in [0.25, 0.3) is 0 Å². The van der Waals surface area contributed by atoms with Crippen molar-refractivity contribution in [2.45, 2.75) is 293 Å². The second-order valence-electron chi connectivity index (χ2n) is 21.9. The number of aliphatic hydroxyl groups is 7. The Bertz CT molecular complexity index is 1640. The maximum absolute atomic E-state index is 13.1. The van der Waals surface area contributed by atoms with Crippen LogP contribution < -0.4 is 0 Å². The molecule has 2 aliphatic heterocycles. The molecule has 0 bridgehead atoms. The van der Waals surface area contributed by atoms with Crippen LogP contribution in [0, 0.1) is 0 Å². The van der Waals surface area contributed by atoms with Crippen LogP contribution in [-0.4, -0.2) is 142 Å². The minimum Gasteiger partial charge on any atom is -0.457 e. The summed E-state index contributed by atoms with van der Waals surface area (Å²) in [6.07, 6.45) is 52.2. The van der Waals surface area contributed by atoms with E-state index in [1.54, 1.807) is 0 Å². The lowest BCUT2D eigenvalue weighted by atomic mass is 9.98. The normalized spacial score (nSPS) is 24.4. The molecule has 0 aromatic heterocycles. The highest BCUT2D eigenvalue weighted by atomic mass is 16.7. The minimum atomic E-state index is -1.72. The number of allylic oxidation sites excluding steroid dienone is 14. The highest BCUT2D eigenvalue weighted by Gasteiger charge is 2.47. The van der Waals surface area contributed by atoms with E-state index in [4.69, 9.17) is 28.4 Å². The fourth-order valence-electron chi connectivity index (χ4n) is 9.62. The molecule has 0 aliphatic carbocycles. The maximum atomic E-state index is 13.1. The number of carbonyl (C=O) groups is 1. The van der Waals surface area contributed by atoms with E-state index in [1.807, 2.05) is 0 Å². The summed E-state index contributed by atoms with van der Waals surface area (Å²) < 4.78 is 34.4. The molecular formula is C66H114O14. The van der Waals surface area contributed by atoms with E-state index in [-0.39, 0.29) is 25.6 Å². The summed E-state index contributed by atoms with van der Waals surface area (Å²) in [6, 6.07) is 0. The topological polar surface area (TPSA) is 214 Å². The molecule has 2 rings (SSSR count). The van der Waals surface area contributed by atoms with E-state index < -0.39 is 80.7 Å². The molecule has 2 fully saturated rings. The highest BCUT2D eigenvalue weighted by Crippen LogP contribution is 2.27. The first-order chi connectivity index (χ1) is 39.1. The Morgan fingerprint density at radius 3 is 1.27 bits per heavy atom. The predicted octanol–water partition coefficient (Wildman–Crippen LogP) is 12.4. The van der Waals surface area contributed by atoms with Crippen molar-refractivity contribution in [3.8, 4) is 0 Å².